The molecule has 1 aromatic rings. The van der Waals surface area contributed by atoms with Crippen LogP contribution >= 0.6 is 11.6 Å². The summed E-state index contributed by atoms with van der Waals surface area (Å²) in [6.45, 7) is 1.98. The Morgan fingerprint density at radius 3 is 2.82 bits per heavy atom. The molecule has 1 aliphatic rings. The molecule has 0 saturated carbocycles. The third kappa shape index (κ3) is 3.20. The summed E-state index contributed by atoms with van der Waals surface area (Å²) in [5.41, 5.74) is 1.15. The number of carbonyl (C=O) groups is 1. The first-order valence-electron chi connectivity index (χ1n) is 5.82. The van der Waals surface area contributed by atoms with Crippen LogP contribution in [-0.4, -0.2) is 42.5 Å². The minimum absolute atomic E-state index is 0.134. The van der Waals surface area contributed by atoms with Crippen LogP contribution in [0.25, 0.3) is 0 Å². The Labute approximate surface area is 106 Å². The van der Waals surface area contributed by atoms with E-state index in [-0.39, 0.29) is 12.0 Å². The van der Waals surface area contributed by atoms with Gasteiger partial charge in [0.15, 0.2) is 0 Å². The Balaban J connectivity index is 2.07. The largest absolute Gasteiger partial charge is 0.463 e. The summed E-state index contributed by atoms with van der Waals surface area (Å²) < 4.78 is 5.12. The Morgan fingerprint density at radius 1 is 1.35 bits per heavy atom. The van der Waals surface area contributed by atoms with Gasteiger partial charge in [-0.25, -0.2) is 0 Å². The summed E-state index contributed by atoms with van der Waals surface area (Å²) in [7, 11) is 0. The van der Waals surface area contributed by atoms with Gasteiger partial charge in [-0.15, -0.1) is 11.6 Å². The minimum atomic E-state index is -0.190. The smallest absolute Gasteiger partial charge is 0.323 e. The number of esters is 1. The van der Waals surface area contributed by atoms with Crippen molar-refractivity contribution < 1.29 is 9.53 Å². The third-order valence-corrected chi connectivity index (χ3v) is 3.15. The summed E-state index contributed by atoms with van der Waals surface area (Å²) >= 11 is 5.76. The number of cyclic esters (lactones) is 1. The van der Waals surface area contributed by atoms with E-state index < -0.39 is 0 Å². The molecule has 1 fully saturated rings. The fourth-order valence-electron chi connectivity index (χ4n) is 2.09. The van der Waals surface area contributed by atoms with E-state index in [0.717, 1.165) is 18.7 Å². The molecule has 4 heteroatoms. The highest BCUT2D eigenvalue weighted by Gasteiger charge is 2.30. The lowest BCUT2D eigenvalue weighted by Gasteiger charge is -2.33. The van der Waals surface area contributed by atoms with Gasteiger partial charge in [-0.05, 0) is 12.0 Å². The van der Waals surface area contributed by atoms with Gasteiger partial charge in [-0.1, -0.05) is 30.3 Å². The van der Waals surface area contributed by atoms with Crippen molar-refractivity contribution in [1.29, 1.82) is 0 Å². The maximum Gasteiger partial charge on any atom is 0.323 e. The highest BCUT2D eigenvalue weighted by Crippen LogP contribution is 2.14. The van der Waals surface area contributed by atoms with E-state index in [0.29, 0.717) is 18.9 Å². The number of hydrogen-bond acceptors (Lipinski definition) is 3. The Bertz CT molecular complexity index is 367. The molecular formula is C13H16ClNO2. The van der Waals surface area contributed by atoms with E-state index in [9.17, 15) is 4.79 Å². The van der Waals surface area contributed by atoms with Gasteiger partial charge in [0.2, 0.25) is 0 Å². The van der Waals surface area contributed by atoms with Crippen molar-refractivity contribution in [1.82, 2.24) is 4.90 Å². The normalized spacial score (nSPS) is 21.2. The number of hydrogen-bond donors (Lipinski definition) is 0. The summed E-state index contributed by atoms with van der Waals surface area (Å²) in [4.78, 5) is 13.9. The molecule has 0 N–H and O–H groups in total. The SMILES string of the molecule is O=C1OCCN(CCCl)[C@H]1Cc1ccccc1. The van der Waals surface area contributed by atoms with Crippen molar-refractivity contribution in [2.24, 2.45) is 0 Å². The molecule has 17 heavy (non-hydrogen) atoms. The molecule has 0 aliphatic carbocycles. The Hall–Kier alpha value is -1.06. The van der Waals surface area contributed by atoms with Crippen LogP contribution in [0.3, 0.4) is 0 Å². The molecule has 3 nitrogen and oxygen atoms in total. The third-order valence-electron chi connectivity index (χ3n) is 2.98. The second-order valence-corrected chi connectivity index (χ2v) is 4.48. The number of benzene rings is 1. The molecule has 1 aromatic carbocycles. The summed E-state index contributed by atoms with van der Waals surface area (Å²) in [5, 5.41) is 0. The molecule has 0 aromatic heterocycles. The Kier molecular flexibility index (Phi) is 4.40. The molecule has 0 unspecified atom stereocenters. The van der Waals surface area contributed by atoms with Gasteiger partial charge < -0.3 is 4.74 Å². The van der Waals surface area contributed by atoms with Gasteiger partial charge in [0.1, 0.15) is 12.6 Å². The zero-order chi connectivity index (χ0) is 12.1. The number of nitrogens with zero attached hydrogens (tertiary/aromatic N) is 1. The van der Waals surface area contributed by atoms with Crippen molar-refractivity contribution in [3.05, 3.63) is 35.9 Å². The van der Waals surface area contributed by atoms with Crippen LogP contribution in [0.4, 0.5) is 0 Å². The van der Waals surface area contributed by atoms with Crippen LogP contribution in [0.5, 0.6) is 0 Å². The molecule has 2 rings (SSSR count). The summed E-state index contributed by atoms with van der Waals surface area (Å²) in [6, 6.07) is 9.80. The predicted molar refractivity (Wildman–Crippen MR) is 67.2 cm³/mol. The number of morpholine rings is 1. The van der Waals surface area contributed by atoms with Crippen LogP contribution in [-0.2, 0) is 16.0 Å². The molecule has 1 aliphatic heterocycles. The van der Waals surface area contributed by atoms with E-state index >= 15 is 0 Å². The van der Waals surface area contributed by atoms with Gasteiger partial charge in [0, 0.05) is 19.0 Å². The number of rotatable bonds is 4. The predicted octanol–water partition coefficient (Wildman–Crippen LogP) is 1.70. The standard InChI is InChI=1S/C13H16ClNO2/c14-6-7-15-8-9-17-13(16)12(15)10-11-4-2-1-3-5-11/h1-5,12H,6-10H2/t12-/m0/s1. The van der Waals surface area contributed by atoms with E-state index in [4.69, 9.17) is 16.3 Å². The van der Waals surface area contributed by atoms with Crippen molar-refractivity contribution in [3.63, 3.8) is 0 Å². The second kappa shape index (κ2) is 6.03. The minimum Gasteiger partial charge on any atom is -0.463 e. The molecular weight excluding hydrogens is 238 g/mol. The molecule has 1 saturated heterocycles. The number of carbonyl (C=O) groups excluding carboxylic acids is 1. The van der Waals surface area contributed by atoms with Gasteiger partial charge in [0.05, 0.1) is 0 Å². The van der Waals surface area contributed by atoms with Gasteiger partial charge in [0.25, 0.3) is 0 Å². The maximum absolute atomic E-state index is 11.8. The molecule has 1 heterocycles. The maximum atomic E-state index is 11.8. The van der Waals surface area contributed by atoms with Crippen LogP contribution in [0.2, 0.25) is 0 Å². The zero-order valence-corrected chi connectivity index (χ0v) is 10.4. The highest BCUT2D eigenvalue weighted by atomic mass is 35.5. The summed E-state index contributed by atoms with van der Waals surface area (Å²) in [6.07, 6.45) is 0.691. The monoisotopic (exact) mass is 253 g/mol. The van der Waals surface area contributed by atoms with Crippen molar-refractivity contribution >= 4 is 17.6 Å². The first-order valence-corrected chi connectivity index (χ1v) is 6.35. The second-order valence-electron chi connectivity index (χ2n) is 4.10. The number of ether oxygens (including phenoxy) is 1. The van der Waals surface area contributed by atoms with Gasteiger partial charge in [-0.2, -0.15) is 0 Å². The Morgan fingerprint density at radius 2 is 2.12 bits per heavy atom. The molecule has 0 radical (unpaired) electrons. The average Bonchev–Trinajstić information content (AvgIpc) is 2.35. The quantitative estimate of drug-likeness (QED) is 0.604. The lowest BCUT2D eigenvalue weighted by molar-refractivity contribution is -0.157. The fourth-order valence-corrected chi connectivity index (χ4v) is 2.31. The van der Waals surface area contributed by atoms with Crippen molar-refractivity contribution in [2.75, 3.05) is 25.6 Å². The molecule has 0 amide bonds. The zero-order valence-electron chi connectivity index (χ0n) is 9.64. The first kappa shape index (κ1) is 12.4. The van der Waals surface area contributed by atoms with E-state index in [2.05, 4.69) is 4.90 Å². The lowest BCUT2D eigenvalue weighted by Crippen LogP contribution is -2.50. The number of alkyl halides is 1. The number of halogens is 1. The van der Waals surface area contributed by atoms with E-state index in [1.54, 1.807) is 0 Å². The topological polar surface area (TPSA) is 29.5 Å². The van der Waals surface area contributed by atoms with Crippen molar-refractivity contribution in [2.45, 2.75) is 12.5 Å². The lowest BCUT2D eigenvalue weighted by atomic mass is 10.0. The van der Waals surface area contributed by atoms with Crippen LogP contribution in [0, 0.1) is 0 Å². The summed E-state index contributed by atoms with van der Waals surface area (Å²) in [5.74, 6) is 0.406. The first-order chi connectivity index (χ1) is 8.31. The van der Waals surface area contributed by atoms with Crippen molar-refractivity contribution in [3.8, 4) is 0 Å². The molecule has 0 spiro atoms. The van der Waals surface area contributed by atoms with Crippen LogP contribution < -0.4 is 0 Å². The average molecular weight is 254 g/mol. The molecule has 92 valence electrons. The van der Waals surface area contributed by atoms with Gasteiger partial charge in [-0.3, -0.25) is 9.69 Å². The van der Waals surface area contributed by atoms with Crippen LogP contribution in [0.15, 0.2) is 30.3 Å². The van der Waals surface area contributed by atoms with Crippen LogP contribution in [0.1, 0.15) is 5.56 Å². The molecule has 1 atom stereocenters. The molecule has 0 bridgehead atoms. The van der Waals surface area contributed by atoms with E-state index in [1.807, 2.05) is 30.3 Å². The van der Waals surface area contributed by atoms with E-state index in [1.165, 1.54) is 0 Å². The highest BCUT2D eigenvalue weighted by molar-refractivity contribution is 6.18. The van der Waals surface area contributed by atoms with Gasteiger partial charge >= 0.3 is 5.97 Å². The fraction of sp³-hybridized carbons (Fsp3) is 0.462.